The van der Waals surface area contributed by atoms with E-state index in [-0.39, 0.29) is 12.1 Å². The van der Waals surface area contributed by atoms with E-state index in [1.54, 1.807) is 0 Å². The normalized spacial score (nSPS) is 23.9. The summed E-state index contributed by atoms with van der Waals surface area (Å²) in [6.45, 7) is 2.71. The summed E-state index contributed by atoms with van der Waals surface area (Å²) in [5.41, 5.74) is 13.0. The van der Waals surface area contributed by atoms with Gasteiger partial charge in [0.05, 0.1) is 17.4 Å². The smallest absolute Gasteiger partial charge is 0.165 e. The molecule has 1 aromatic carbocycles. The first-order valence-electron chi connectivity index (χ1n) is 5.24. The van der Waals surface area contributed by atoms with Crippen LogP contribution < -0.4 is 21.5 Å². The molecule has 2 rings (SSSR count). The number of hydrogen-bond acceptors (Lipinski definition) is 4. The quantitative estimate of drug-likeness (QED) is 0.637. The van der Waals surface area contributed by atoms with Gasteiger partial charge in [0.1, 0.15) is 6.10 Å². The Labute approximate surface area is 89.6 Å². The molecule has 0 aliphatic carbocycles. The van der Waals surface area contributed by atoms with Crippen LogP contribution in [0, 0.1) is 0 Å². The number of anilines is 2. The van der Waals surface area contributed by atoms with E-state index in [4.69, 9.17) is 16.2 Å². The molecule has 0 spiro atoms. The van der Waals surface area contributed by atoms with Crippen LogP contribution in [0.5, 0.6) is 5.75 Å². The van der Waals surface area contributed by atoms with E-state index in [0.717, 1.165) is 17.9 Å². The van der Waals surface area contributed by atoms with Crippen molar-refractivity contribution in [2.24, 2.45) is 5.73 Å². The van der Waals surface area contributed by atoms with E-state index >= 15 is 0 Å². The van der Waals surface area contributed by atoms with Crippen LogP contribution in [0.25, 0.3) is 0 Å². The third-order valence-electron chi connectivity index (χ3n) is 2.71. The zero-order valence-electron chi connectivity index (χ0n) is 8.86. The van der Waals surface area contributed by atoms with Gasteiger partial charge in [-0.1, -0.05) is 6.07 Å². The molecule has 0 fully saturated rings. The Balaban J connectivity index is 2.26. The maximum Gasteiger partial charge on any atom is 0.165 e. The minimum absolute atomic E-state index is 0.104. The van der Waals surface area contributed by atoms with Crippen LogP contribution in [-0.4, -0.2) is 18.7 Å². The number of rotatable bonds is 2. The lowest BCUT2D eigenvalue weighted by molar-refractivity contribution is 0.168. The molecule has 5 N–H and O–H groups in total. The van der Waals surface area contributed by atoms with Crippen LogP contribution in [0.2, 0.25) is 0 Å². The molecule has 1 aromatic rings. The van der Waals surface area contributed by atoms with Crippen molar-refractivity contribution >= 4 is 11.4 Å². The predicted molar refractivity (Wildman–Crippen MR) is 62.0 cm³/mol. The molecule has 15 heavy (non-hydrogen) atoms. The second-order valence-corrected chi connectivity index (χ2v) is 3.89. The zero-order chi connectivity index (χ0) is 10.8. The van der Waals surface area contributed by atoms with Crippen molar-refractivity contribution in [1.82, 2.24) is 0 Å². The summed E-state index contributed by atoms with van der Waals surface area (Å²) in [7, 11) is 0. The number of nitrogen functional groups attached to an aromatic ring is 1. The Bertz CT molecular complexity index is 354. The van der Waals surface area contributed by atoms with Crippen molar-refractivity contribution < 1.29 is 4.74 Å². The summed E-state index contributed by atoms with van der Waals surface area (Å²) < 4.78 is 5.85. The van der Waals surface area contributed by atoms with E-state index in [1.165, 1.54) is 0 Å². The van der Waals surface area contributed by atoms with Crippen LogP contribution in [0.1, 0.15) is 13.3 Å². The Hall–Kier alpha value is -1.42. The van der Waals surface area contributed by atoms with Gasteiger partial charge >= 0.3 is 0 Å². The van der Waals surface area contributed by atoms with Gasteiger partial charge in [-0.3, -0.25) is 0 Å². The van der Waals surface area contributed by atoms with Gasteiger partial charge in [-0.25, -0.2) is 0 Å². The molecule has 1 aliphatic rings. The monoisotopic (exact) mass is 207 g/mol. The largest absolute Gasteiger partial charge is 0.484 e. The van der Waals surface area contributed by atoms with Crippen LogP contribution in [0.15, 0.2) is 18.2 Å². The highest BCUT2D eigenvalue weighted by Gasteiger charge is 2.26. The molecular formula is C11H17N3O. The van der Waals surface area contributed by atoms with E-state index in [0.29, 0.717) is 12.2 Å². The SMILES string of the molecule is CC1Nc2cccc(N)c2OC1CCN. The van der Waals surface area contributed by atoms with Crippen LogP contribution in [-0.2, 0) is 0 Å². The molecular weight excluding hydrogens is 190 g/mol. The molecule has 0 amide bonds. The number of nitrogens with two attached hydrogens (primary N) is 2. The van der Waals surface area contributed by atoms with Gasteiger partial charge in [-0.05, 0) is 32.0 Å². The fourth-order valence-electron chi connectivity index (χ4n) is 1.86. The molecule has 0 aromatic heterocycles. The average molecular weight is 207 g/mol. The molecule has 2 unspecified atom stereocenters. The molecule has 0 bridgehead atoms. The fraction of sp³-hybridized carbons (Fsp3) is 0.455. The van der Waals surface area contributed by atoms with Gasteiger partial charge in [-0.15, -0.1) is 0 Å². The summed E-state index contributed by atoms with van der Waals surface area (Å²) in [6, 6.07) is 6.00. The van der Waals surface area contributed by atoms with Crippen molar-refractivity contribution in [2.75, 3.05) is 17.6 Å². The predicted octanol–water partition coefficient (Wildman–Crippen LogP) is 1.18. The number of para-hydroxylation sites is 1. The second kappa shape index (κ2) is 3.98. The van der Waals surface area contributed by atoms with Crippen LogP contribution in [0.3, 0.4) is 0 Å². The highest BCUT2D eigenvalue weighted by atomic mass is 16.5. The zero-order valence-corrected chi connectivity index (χ0v) is 8.86. The molecule has 2 atom stereocenters. The van der Waals surface area contributed by atoms with Crippen molar-refractivity contribution in [3.8, 4) is 5.75 Å². The van der Waals surface area contributed by atoms with Crippen molar-refractivity contribution in [2.45, 2.75) is 25.5 Å². The highest BCUT2D eigenvalue weighted by Crippen LogP contribution is 2.36. The lowest BCUT2D eigenvalue weighted by Gasteiger charge is -2.33. The first-order chi connectivity index (χ1) is 7.22. The first kappa shape index (κ1) is 10.1. The minimum Gasteiger partial charge on any atom is -0.484 e. The van der Waals surface area contributed by atoms with E-state index in [1.807, 2.05) is 18.2 Å². The van der Waals surface area contributed by atoms with Crippen molar-refractivity contribution in [1.29, 1.82) is 0 Å². The molecule has 0 radical (unpaired) electrons. The number of hydrogen-bond donors (Lipinski definition) is 3. The summed E-state index contributed by atoms with van der Waals surface area (Å²) in [5, 5.41) is 3.38. The third kappa shape index (κ3) is 1.85. The van der Waals surface area contributed by atoms with Gasteiger partial charge in [0.2, 0.25) is 0 Å². The topological polar surface area (TPSA) is 73.3 Å². The van der Waals surface area contributed by atoms with E-state index in [2.05, 4.69) is 12.2 Å². The summed E-state index contributed by atoms with van der Waals surface area (Å²) in [6.07, 6.45) is 0.939. The van der Waals surface area contributed by atoms with E-state index < -0.39 is 0 Å². The molecule has 0 saturated carbocycles. The van der Waals surface area contributed by atoms with Crippen molar-refractivity contribution in [3.63, 3.8) is 0 Å². The van der Waals surface area contributed by atoms with Gasteiger partial charge < -0.3 is 21.5 Å². The molecule has 4 nitrogen and oxygen atoms in total. The first-order valence-corrected chi connectivity index (χ1v) is 5.24. The van der Waals surface area contributed by atoms with Crippen molar-refractivity contribution in [3.05, 3.63) is 18.2 Å². The number of nitrogens with one attached hydrogen (secondary N) is 1. The van der Waals surface area contributed by atoms with Crippen LogP contribution in [0.4, 0.5) is 11.4 Å². The molecule has 82 valence electrons. The molecule has 4 heteroatoms. The standard InChI is InChI=1S/C11H17N3O/c1-7-10(5-6-12)15-11-8(13)3-2-4-9(11)14-7/h2-4,7,10,14H,5-6,12-13H2,1H3. The lowest BCUT2D eigenvalue weighted by Crippen LogP contribution is -2.40. The van der Waals surface area contributed by atoms with Gasteiger partial charge in [0, 0.05) is 0 Å². The number of ether oxygens (including phenoxy) is 1. The lowest BCUT2D eigenvalue weighted by atomic mass is 10.1. The summed E-state index contributed by atoms with van der Waals surface area (Å²) >= 11 is 0. The second-order valence-electron chi connectivity index (χ2n) is 3.89. The number of fused-ring (bicyclic) bond motifs is 1. The fourth-order valence-corrected chi connectivity index (χ4v) is 1.86. The third-order valence-corrected chi connectivity index (χ3v) is 2.71. The highest BCUT2D eigenvalue weighted by molar-refractivity contribution is 5.70. The molecule has 0 saturated heterocycles. The summed E-state index contributed by atoms with van der Waals surface area (Å²) in [4.78, 5) is 0. The molecule has 1 heterocycles. The van der Waals surface area contributed by atoms with Gasteiger partial charge in [-0.2, -0.15) is 0 Å². The Morgan fingerprint density at radius 1 is 1.47 bits per heavy atom. The van der Waals surface area contributed by atoms with E-state index in [9.17, 15) is 0 Å². The maximum atomic E-state index is 5.85. The van der Waals surface area contributed by atoms with Gasteiger partial charge in [0.25, 0.3) is 0 Å². The summed E-state index contributed by atoms with van der Waals surface area (Å²) in [5.74, 6) is 0.758. The maximum absolute atomic E-state index is 5.85. The average Bonchev–Trinajstić information content (AvgIpc) is 2.21. The Kier molecular flexibility index (Phi) is 2.68. The Morgan fingerprint density at radius 2 is 2.27 bits per heavy atom. The molecule has 1 aliphatic heterocycles. The Morgan fingerprint density at radius 3 is 3.00 bits per heavy atom. The minimum atomic E-state index is 0.104. The number of benzene rings is 1. The van der Waals surface area contributed by atoms with Gasteiger partial charge in [0.15, 0.2) is 5.75 Å². The van der Waals surface area contributed by atoms with Crippen LogP contribution >= 0.6 is 0 Å².